The van der Waals surface area contributed by atoms with Crippen LogP contribution in [-0.2, 0) is 14.8 Å². The Bertz CT molecular complexity index is 515. The van der Waals surface area contributed by atoms with Crippen molar-refractivity contribution in [3.8, 4) is 0 Å². The van der Waals surface area contributed by atoms with Gasteiger partial charge >= 0.3 is 5.97 Å². The maximum absolute atomic E-state index is 11.6. The van der Waals surface area contributed by atoms with Gasteiger partial charge in [-0.3, -0.25) is 4.72 Å². The van der Waals surface area contributed by atoms with Crippen LogP contribution >= 0.6 is 0 Å². The molecular weight excluding hydrogens is 260 g/mol. The van der Waals surface area contributed by atoms with Crippen LogP contribution in [-0.4, -0.2) is 43.4 Å². The molecule has 7 nitrogen and oxygen atoms in total. The normalized spacial score (nSPS) is 11.2. The minimum absolute atomic E-state index is 0.0860. The van der Waals surface area contributed by atoms with Crippen LogP contribution in [0.4, 0.5) is 5.69 Å². The van der Waals surface area contributed by atoms with Gasteiger partial charge in [0.2, 0.25) is 10.0 Å². The lowest BCUT2D eigenvalue weighted by molar-refractivity contribution is 0.0690. The third-order valence-electron chi connectivity index (χ3n) is 1.95. The van der Waals surface area contributed by atoms with Gasteiger partial charge in [0.1, 0.15) is 5.69 Å². The first-order valence-corrected chi connectivity index (χ1v) is 6.87. The molecule has 0 aliphatic carbocycles. The topological polar surface area (TPSA) is 106 Å². The zero-order valence-electron chi connectivity index (χ0n) is 9.79. The monoisotopic (exact) mass is 274 g/mol. The van der Waals surface area contributed by atoms with Gasteiger partial charge in [0.15, 0.2) is 0 Å². The van der Waals surface area contributed by atoms with Crippen LogP contribution < -0.4 is 4.72 Å². The maximum atomic E-state index is 11.6. The number of nitrogens with zero attached hydrogens (tertiary/aromatic N) is 1. The molecule has 0 saturated carbocycles. The molecule has 0 unspecified atom stereocenters. The van der Waals surface area contributed by atoms with Gasteiger partial charge in [-0.25, -0.2) is 18.2 Å². The summed E-state index contributed by atoms with van der Waals surface area (Å²) >= 11 is 0. The first kappa shape index (κ1) is 14.4. The third-order valence-corrected chi connectivity index (χ3v) is 3.20. The predicted molar refractivity (Wildman–Crippen MR) is 65.1 cm³/mol. The van der Waals surface area contributed by atoms with Gasteiger partial charge in [-0.15, -0.1) is 0 Å². The van der Waals surface area contributed by atoms with E-state index < -0.39 is 16.0 Å². The minimum atomic E-state index is -3.55. The standard InChI is InChI=1S/C10H14N2O5S/c1-2-17-5-6-18(15,16)12-8-3-4-11-9(7-8)10(13)14/h3-4,7H,2,5-6H2,1H3,(H,11,12)(H,13,14). The van der Waals surface area contributed by atoms with Crippen LogP contribution in [0.3, 0.4) is 0 Å². The molecule has 0 fully saturated rings. The number of pyridine rings is 1. The van der Waals surface area contributed by atoms with Crippen molar-refractivity contribution >= 4 is 21.7 Å². The van der Waals surface area contributed by atoms with E-state index in [1.54, 1.807) is 6.92 Å². The van der Waals surface area contributed by atoms with E-state index in [1.165, 1.54) is 12.3 Å². The van der Waals surface area contributed by atoms with E-state index in [-0.39, 0.29) is 23.7 Å². The van der Waals surface area contributed by atoms with E-state index in [2.05, 4.69) is 9.71 Å². The molecular formula is C10H14N2O5S. The van der Waals surface area contributed by atoms with Crippen LogP contribution in [0.2, 0.25) is 0 Å². The molecule has 1 aromatic rings. The van der Waals surface area contributed by atoms with Gasteiger partial charge in [-0.05, 0) is 19.1 Å². The summed E-state index contributed by atoms with van der Waals surface area (Å²) in [4.78, 5) is 14.3. The van der Waals surface area contributed by atoms with Gasteiger partial charge < -0.3 is 9.84 Å². The molecule has 0 aliphatic rings. The fraction of sp³-hybridized carbons (Fsp3) is 0.400. The van der Waals surface area contributed by atoms with Crippen molar-refractivity contribution in [2.75, 3.05) is 23.7 Å². The first-order valence-electron chi connectivity index (χ1n) is 5.22. The average Bonchev–Trinajstić information content (AvgIpc) is 2.28. The van der Waals surface area contributed by atoms with Crippen LogP contribution in [0.1, 0.15) is 17.4 Å². The second-order valence-electron chi connectivity index (χ2n) is 3.35. The van der Waals surface area contributed by atoms with E-state index >= 15 is 0 Å². The summed E-state index contributed by atoms with van der Waals surface area (Å²) in [7, 11) is -3.55. The average molecular weight is 274 g/mol. The number of ether oxygens (including phenoxy) is 1. The Morgan fingerprint density at radius 3 is 2.89 bits per heavy atom. The molecule has 0 amide bonds. The highest BCUT2D eigenvalue weighted by Gasteiger charge is 2.12. The number of nitrogens with one attached hydrogen (secondary N) is 1. The van der Waals surface area contributed by atoms with Crippen LogP contribution in [0, 0.1) is 0 Å². The molecule has 0 bridgehead atoms. The van der Waals surface area contributed by atoms with Crippen molar-refractivity contribution in [3.05, 3.63) is 24.0 Å². The highest BCUT2D eigenvalue weighted by Crippen LogP contribution is 2.10. The second-order valence-corrected chi connectivity index (χ2v) is 5.19. The number of carboxylic acid groups (broad SMARTS) is 1. The lowest BCUT2D eigenvalue weighted by Gasteiger charge is -2.08. The number of carboxylic acids is 1. The van der Waals surface area contributed by atoms with Gasteiger partial charge in [0, 0.05) is 12.8 Å². The number of carbonyl (C=O) groups is 1. The van der Waals surface area contributed by atoms with E-state index in [0.717, 1.165) is 6.07 Å². The molecule has 1 aromatic heterocycles. The predicted octanol–water partition coefficient (Wildman–Crippen LogP) is 0.558. The molecule has 0 aliphatic heterocycles. The molecule has 0 aromatic carbocycles. The van der Waals surface area contributed by atoms with Crippen LogP contribution in [0.5, 0.6) is 0 Å². The molecule has 0 atom stereocenters. The van der Waals surface area contributed by atoms with Crippen molar-refractivity contribution in [1.29, 1.82) is 0 Å². The highest BCUT2D eigenvalue weighted by molar-refractivity contribution is 7.92. The number of hydrogen-bond acceptors (Lipinski definition) is 5. The fourth-order valence-corrected chi connectivity index (χ4v) is 2.08. The van der Waals surface area contributed by atoms with Crippen LogP contribution in [0.25, 0.3) is 0 Å². The summed E-state index contributed by atoms with van der Waals surface area (Å²) in [5.41, 5.74) is -0.0566. The molecule has 100 valence electrons. The molecule has 0 radical (unpaired) electrons. The maximum Gasteiger partial charge on any atom is 0.354 e. The highest BCUT2D eigenvalue weighted by atomic mass is 32.2. The molecule has 8 heteroatoms. The first-order chi connectivity index (χ1) is 8.44. The molecule has 0 spiro atoms. The van der Waals surface area contributed by atoms with Gasteiger partial charge in [0.25, 0.3) is 0 Å². The number of sulfonamides is 1. The Morgan fingerprint density at radius 1 is 1.56 bits per heavy atom. The summed E-state index contributed by atoms with van der Waals surface area (Å²) in [6.07, 6.45) is 1.23. The van der Waals surface area contributed by atoms with Gasteiger partial charge in [0.05, 0.1) is 18.0 Å². The third kappa shape index (κ3) is 4.68. The SMILES string of the molecule is CCOCCS(=O)(=O)Nc1ccnc(C(=O)O)c1. The Balaban J connectivity index is 2.72. The summed E-state index contributed by atoms with van der Waals surface area (Å²) in [5.74, 6) is -1.41. The fourth-order valence-electron chi connectivity index (χ4n) is 1.15. The molecule has 1 rings (SSSR count). The Morgan fingerprint density at radius 2 is 2.28 bits per heavy atom. The van der Waals surface area contributed by atoms with Crippen molar-refractivity contribution in [3.63, 3.8) is 0 Å². The van der Waals surface area contributed by atoms with Crippen LogP contribution in [0.15, 0.2) is 18.3 Å². The zero-order valence-corrected chi connectivity index (χ0v) is 10.6. The second kappa shape index (κ2) is 6.31. The number of anilines is 1. The van der Waals surface area contributed by atoms with Gasteiger partial charge in [-0.1, -0.05) is 0 Å². The Kier molecular flexibility index (Phi) is 5.05. The van der Waals surface area contributed by atoms with Gasteiger partial charge in [-0.2, -0.15) is 0 Å². The lowest BCUT2D eigenvalue weighted by atomic mass is 10.3. The number of hydrogen-bond donors (Lipinski definition) is 2. The Hall–Kier alpha value is -1.67. The van der Waals surface area contributed by atoms with E-state index in [9.17, 15) is 13.2 Å². The van der Waals surface area contributed by atoms with E-state index in [0.29, 0.717) is 6.61 Å². The molecule has 1 heterocycles. The number of aromatic nitrogens is 1. The summed E-state index contributed by atoms with van der Waals surface area (Å²) in [6.45, 7) is 2.29. The summed E-state index contributed by atoms with van der Waals surface area (Å²) in [6, 6.07) is 2.53. The van der Waals surface area contributed by atoms with Crippen molar-refractivity contribution in [2.24, 2.45) is 0 Å². The summed E-state index contributed by atoms with van der Waals surface area (Å²) in [5, 5.41) is 8.72. The minimum Gasteiger partial charge on any atom is -0.477 e. The van der Waals surface area contributed by atoms with E-state index in [1.807, 2.05) is 0 Å². The largest absolute Gasteiger partial charge is 0.477 e. The van der Waals surface area contributed by atoms with Crippen molar-refractivity contribution in [2.45, 2.75) is 6.92 Å². The summed E-state index contributed by atoms with van der Waals surface area (Å²) < 4.78 is 30.4. The van der Waals surface area contributed by atoms with Crippen molar-refractivity contribution in [1.82, 2.24) is 4.98 Å². The van der Waals surface area contributed by atoms with E-state index in [4.69, 9.17) is 9.84 Å². The Labute approximate surface area is 105 Å². The number of aromatic carboxylic acids is 1. The molecule has 18 heavy (non-hydrogen) atoms. The lowest BCUT2D eigenvalue weighted by Crippen LogP contribution is -2.20. The quantitative estimate of drug-likeness (QED) is 0.704. The molecule has 0 saturated heterocycles. The number of rotatable bonds is 7. The van der Waals surface area contributed by atoms with Crippen molar-refractivity contribution < 1.29 is 23.1 Å². The zero-order chi connectivity index (χ0) is 13.6. The molecule has 2 N–H and O–H groups in total. The smallest absolute Gasteiger partial charge is 0.354 e.